The number of carboxylic acid groups (broad SMARTS) is 1. The Kier molecular flexibility index (Phi) is 4.52. The minimum atomic E-state index is -0.945. The van der Waals surface area contributed by atoms with Crippen molar-refractivity contribution in [3.63, 3.8) is 0 Å². The highest BCUT2D eigenvalue weighted by Crippen LogP contribution is 2.51. The molecule has 1 aliphatic carbocycles. The van der Waals surface area contributed by atoms with Crippen LogP contribution in [-0.2, 0) is 9.59 Å². The van der Waals surface area contributed by atoms with Crippen molar-refractivity contribution in [2.24, 2.45) is 11.8 Å². The topological polar surface area (TPSA) is 57.6 Å². The van der Waals surface area contributed by atoms with Crippen LogP contribution >= 0.6 is 11.6 Å². The Labute approximate surface area is 127 Å². The zero-order valence-corrected chi connectivity index (χ0v) is 12.6. The van der Waals surface area contributed by atoms with Gasteiger partial charge in [-0.05, 0) is 18.6 Å². The number of carboxylic acids is 1. The molecule has 114 valence electrons. The predicted molar refractivity (Wildman–Crippen MR) is 76.7 cm³/mol. The van der Waals surface area contributed by atoms with Gasteiger partial charge in [-0.1, -0.05) is 24.6 Å². The van der Waals surface area contributed by atoms with E-state index in [0.717, 1.165) is 0 Å². The van der Waals surface area contributed by atoms with Crippen molar-refractivity contribution in [1.82, 2.24) is 4.90 Å². The summed E-state index contributed by atoms with van der Waals surface area (Å²) in [6.45, 7) is 1.69. The van der Waals surface area contributed by atoms with E-state index in [-0.39, 0.29) is 24.3 Å². The second kappa shape index (κ2) is 6.02. The molecule has 1 saturated carbocycles. The smallest absolute Gasteiger partial charge is 0.308 e. The summed E-state index contributed by atoms with van der Waals surface area (Å²) in [5.41, 5.74) is 0.386. The van der Waals surface area contributed by atoms with Crippen molar-refractivity contribution < 1.29 is 19.1 Å². The van der Waals surface area contributed by atoms with Crippen LogP contribution in [0.25, 0.3) is 0 Å². The third-order valence-electron chi connectivity index (χ3n) is 3.82. The Morgan fingerprint density at radius 3 is 2.76 bits per heavy atom. The van der Waals surface area contributed by atoms with Gasteiger partial charge in [-0.15, -0.1) is 0 Å². The SMILES string of the molecule is CC(CN(C)C(=O)C1CC1c1c(F)cccc1Cl)C(=O)O. The standard InChI is InChI=1S/C15H17ClFNO3/c1-8(15(20)21)7-18(2)14(19)10-6-9(10)13-11(16)4-3-5-12(13)17/h3-5,8-10H,6-7H2,1-2H3,(H,20,21). The van der Waals surface area contributed by atoms with Crippen LogP contribution in [0.2, 0.25) is 5.02 Å². The molecule has 0 aromatic heterocycles. The molecule has 0 radical (unpaired) electrons. The molecule has 0 saturated heterocycles. The summed E-state index contributed by atoms with van der Waals surface area (Å²) < 4.78 is 13.8. The fourth-order valence-electron chi connectivity index (χ4n) is 2.51. The number of halogens is 2. The number of carbonyl (C=O) groups excluding carboxylic acids is 1. The molecule has 0 bridgehead atoms. The van der Waals surface area contributed by atoms with Crippen LogP contribution in [0.1, 0.15) is 24.8 Å². The molecule has 1 fully saturated rings. The van der Waals surface area contributed by atoms with Gasteiger partial charge in [0, 0.05) is 36.0 Å². The lowest BCUT2D eigenvalue weighted by Crippen LogP contribution is -2.34. The van der Waals surface area contributed by atoms with Crippen LogP contribution in [0.3, 0.4) is 0 Å². The molecule has 0 aliphatic heterocycles. The van der Waals surface area contributed by atoms with Crippen molar-refractivity contribution in [3.8, 4) is 0 Å². The van der Waals surface area contributed by atoms with Crippen molar-refractivity contribution in [3.05, 3.63) is 34.6 Å². The third-order valence-corrected chi connectivity index (χ3v) is 4.15. The minimum Gasteiger partial charge on any atom is -0.481 e. The van der Waals surface area contributed by atoms with Gasteiger partial charge in [0.1, 0.15) is 5.82 Å². The minimum absolute atomic E-state index is 0.141. The van der Waals surface area contributed by atoms with Crippen LogP contribution in [0, 0.1) is 17.7 Å². The number of benzene rings is 1. The number of rotatable bonds is 5. The summed E-state index contributed by atoms with van der Waals surface area (Å²) in [6, 6.07) is 4.47. The average molecular weight is 314 g/mol. The quantitative estimate of drug-likeness (QED) is 0.909. The van der Waals surface area contributed by atoms with Gasteiger partial charge >= 0.3 is 5.97 Å². The lowest BCUT2D eigenvalue weighted by Gasteiger charge is -2.19. The molecule has 6 heteroatoms. The van der Waals surface area contributed by atoms with Crippen LogP contribution < -0.4 is 0 Å². The molecule has 21 heavy (non-hydrogen) atoms. The van der Waals surface area contributed by atoms with E-state index in [4.69, 9.17) is 16.7 Å². The maximum atomic E-state index is 13.8. The summed E-state index contributed by atoms with van der Waals surface area (Å²) in [5, 5.41) is 9.20. The summed E-state index contributed by atoms with van der Waals surface area (Å²) in [4.78, 5) is 24.5. The van der Waals surface area contributed by atoms with Crippen LogP contribution in [0.4, 0.5) is 4.39 Å². The molecule has 3 unspecified atom stereocenters. The zero-order chi connectivity index (χ0) is 15.7. The van der Waals surface area contributed by atoms with Crippen molar-refractivity contribution in [2.45, 2.75) is 19.3 Å². The van der Waals surface area contributed by atoms with Gasteiger partial charge in [-0.25, -0.2) is 4.39 Å². The van der Waals surface area contributed by atoms with Gasteiger partial charge in [0.05, 0.1) is 5.92 Å². The summed E-state index contributed by atoms with van der Waals surface area (Å²) in [7, 11) is 1.57. The van der Waals surface area contributed by atoms with Gasteiger partial charge < -0.3 is 10.0 Å². The van der Waals surface area contributed by atoms with Gasteiger partial charge in [-0.2, -0.15) is 0 Å². The summed E-state index contributed by atoms with van der Waals surface area (Å²) >= 11 is 6.00. The maximum Gasteiger partial charge on any atom is 0.308 e. The molecular formula is C15H17ClFNO3. The molecule has 2 rings (SSSR count). The lowest BCUT2D eigenvalue weighted by molar-refractivity contribution is -0.142. The van der Waals surface area contributed by atoms with Crippen molar-refractivity contribution in [1.29, 1.82) is 0 Å². The highest BCUT2D eigenvalue weighted by atomic mass is 35.5. The molecule has 1 N–H and O–H groups in total. The number of nitrogens with zero attached hydrogens (tertiary/aromatic N) is 1. The number of aliphatic carboxylic acids is 1. The Morgan fingerprint density at radius 2 is 2.19 bits per heavy atom. The first-order valence-corrected chi connectivity index (χ1v) is 7.12. The molecule has 1 aromatic carbocycles. The van der Waals surface area contributed by atoms with E-state index in [1.54, 1.807) is 20.0 Å². The Bertz CT molecular complexity index is 558. The molecular weight excluding hydrogens is 297 g/mol. The number of hydrogen-bond acceptors (Lipinski definition) is 2. The first kappa shape index (κ1) is 15.8. The molecule has 1 aromatic rings. The van der Waals surface area contributed by atoms with Crippen LogP contribution in [-0.4, -0.2) is 35.5 Å². The lowest BCUT2D eigenvalue weighted by atomic mass is 10.1. The molecule has 4 nitrogen and oxygen atoms in total. The first-order chi connectivity index (χ1) is 9.82. The van der Waals surface area contributed by atoms with Crippen LogP contribution in [0.15, 0.2) is 18.2 Å². The monoisotopic (exact) mass is 313 g/mol. The second-order valence-electron chi connectivity index (χ2n) is 5.54. The molecule has 1 amide bonds. The van der Waals surface area contributed by atoms with E-state index in [2.05, 4.69) is 0 Å². The van der Waals surface area contributed by atoms with Gasteiger partial charge in [-0.3, -0.25) is 9.59 Å². The van der Waals surface area contributed by atoms with E-state index >= 15 is 0 Å². The van der Waals surface area contributed by atoms with E-state index in [1.165, 1.54) is 17.0 Å². The molecule has 3 atom stereocenters. The summed E-state index contributed by atoms with van der Waals surface area (Å²) in [6.07, 6.45) is 0.547. The predicted octanol–water partition coefficient (Wildman–Crippen LogP) is 2.76. The third kappa shape index (κ3) is 3.35. The number of carbonyl (C=O) groups is 2. The fraction of sp³-hybridized carbons (Fsp3) is 0.467. The highest BCUT2D eigenvalue weighted by molar-refractivity contribution is 6.31. The Balaban J connectivity index is 2.03. The number of amides is 1. The van der Waals surface area contributed by atoms with Crippen molar-refractivity contribution >= 4 is 23.5 Å². The Morgan fingerprint density at radius 1 is 1.52 bits per heavy atom. The molecule has 0 spiro atoms. The average Bonchev–Trinajstić information content (AvgIpc) is 3.17. The van der Waals surface area contributed by atoms with Crippen LogP contribution in [0.5, 0.6) is 0 Å². The molecule has 1 aliphatic rings. The first-order valence-electron chi connectivity index (χ1n) is 6.74. The Hall–Kier alpha value is -1.62. The molecule has 0 heterocycles. The maximum absolute atomic E-state index is 13.8. The van der Waals surface area contributed by atoms with Gasteiger partial charge in [0.25, 0.3) is 0 Å². The summed E-state index contributed by atoms with van der Waals surface area (Å²) in [5.74, 6) is -2.66. The highest BCUT2D eigenvalue weighted by Gasteiger charge is 2.47. The fourth-order valence-corrected chi connectivity index (χ4v) is 2.82. The second-order valence-corrected chi connectivity index (χ2v) is 5.95. The number of hydrogen-bond donors (Lipinski definition) is 1. The normalized spacial score (nSPS) is 21.7. The van der Waals surface area contributed by atoms with E-state index in [9.17, 15) is 14.0 Å². The largest absolute Gasteiger partial charge is 0.481 e. The van der Waals surface area contributed by atoms with Gasteiger partial charge in [0.2, 0.25) is 5.91 Å². The zero-order valence-electron chi connectivity index (χ0n) is 11.8. The van der Waals surface area contributed by atoms with E-state index < -0.39 is 17.7 Å². The van der Waals surface area contributed by atoms with Gasteiger partial charge in [0.15, 0.2) is 0 Å². The van der Waals surface area contributed by atoms with E-state index in [1.807, 2.05) is 0 Å². The van der Waals surface area contributed by atoms with E-state index in [0.29, 0.717) is 17.0 Å². The van der Waals surface area contributed by atoms with Crippen molar-refractivity contribution in [2.75, 3.05) is 13.6 Å².